The van der Waals surface area contributed by atoms with Gasteiger partial charge in [-0.1, -0.05) is 38.8 Å². The molecule has 0 fully saturated rings. The van der Waals surface area contributed by atoms with Crippen LogP contribution < -0.4 is 5.32 Å². The Balaban J connectivity index is 2.24. The molecule has 0 bridgehead atoms. The van der Waals surface area contributed by atoms with Crippen molar-refractivity contribution in [1.82, 2.24) is 15.3 Å². The molecule has 5 heteroatoms. The van der Waals surface area contributed by atoms with E-state index in [0.717, 1.165) is 55.6 Å². The van der Waals surface area contributed by atoms with E-state index in [0.29, 0.717) is 5.82 Å². The highest BCUT2D eigenvalue weighted by atomic mass is 15.0. The molecule has 5 nitrogen and oxygen atoms in total. The first-order chi connectivity index (χ1) is 11.3. The molecule has 0 saturated heterocycles. The van der Waals surface area contributed by atoms with Crippen LogP contribution >= 0.6 is 0 Å². The molecular formula is C18H25N5. The third-order valence-corrected chi connectivity index (χ3v) is 3.71. The molecule has 1 heterocycles. The van der Waals surface area contributed by atoms with E-state index >= 15 is 0 Å². The van der Waals surface area contributed by atoms with Crippen molar-refractivity contribution in [3.63, 3.8) is 0 Å². The molecule has 23 heavy (non-hydrogen) atoms. The second kappa shape index (κ2) is 8.94. The third kappa shape index (κ3) is 4.56. The van der Waals surface area contributed by atoms with Crippen LogP contribution in [0.1, 0.15) is 51.3 Å². The number of amidine groups is 1. The first-order valence-electron chi connectivity index (χ1n) is 8.42. The molecular weight excluding hydrogens is 286 g/mol. The predicted octanol–water partition coefficient (Wildman–Crippen LogP) is 3.76. The zero-order valence-corrected chi connectivity index (χ0v) is 14.0. The van der Waals surface area contributed by atoms with Crippen LogP contribution in [0.2, 0.25) is 0 Å². The molecule has 1 atom stereocenters. The smallest absolute Gasteiger partial charge is 0.161 e. The Hall–Kier alpha value is -2.35. The van der Waals surface area contributed by atoms with Crippen molar-refractivity contribution in [2.75, 3.05) is 13.1 Å². The molecule has 0 spiro atoms. The van der Waals surface area contributed by atoms with E-state index in [9.17, 15) is 5.26 Å². The Kier molecular flexibility index (Phi) is 6.61. The van der Waals surface area contributed by atoms with Crippen LogP contribution in [0.5, 0.6) is 0 Å². The van der Waals surface area contributed by atoms with Crippen molar-refractivity contribution >= 4 is 16.9 Å². The fraction of sp³-hybridized carbons (Fsp3) is 0.500. The molecule has 1 aromatic carbocycles. The summed E-state index contributed by atoms with van der Waals surface area (Å²) in [5.74, 6) is 0.914. The van der Waals surface area contributed by atoms with E-state index in [-0.39, 0.29) is 0 Å². The average molecular weight is 311 g/mol. The lowest BCUT2D eigenvalue weighted by atomic mass is 10.1. The number of benzene rings is 1. The van der Waals surface area contributed by atoms with Gasteiger partial charge in [-0.15, -0.1) is 0 Å². The molecule has 2 N–H and O–H groups in total. The zero-order chi connectivity index (χ0) is 16.5. The second-order valence-electron chi connectivity index (χ2n) is 5.60. The van der Waals surface area contributed by atoms with Gasteiger partial charge in [0.25, 0.3) is 0 Å². The van der Waals surface area contributed by atoms with Crippen molar-refractivity contribution in [2.24, 2.45) is 4.99 Å². The summed E-state index contributed by atoms with van der Waals surface area (Å²) in [5, 5.41) is 13.0. The van der Waals surface area contributed by atoms with Gasteiger partial charge in [0.1, 0.15) is 11.7 Å². The van der Waals surface area contributed by atoms with E-state index in [4.69, 9.17) is 0 Å². The predicted molar refractivity (Wildman–Crippen MR) is 94.6 cm³/mol. The highest BCUT2D eigenvalue weighted by Crippen LogP contribution is 2.18. The van der Waals surface area contributed by atoms with Gasteiger partial charge in [0.15, 0.2) is 5.92 Å². The molecule has 0 radical (unpaired) electrons. The van der Waals surface area contributed by atoms with E-state index in [1.807, 2.05) is 24.3 Å². The summed E-state index contributed by atoms with van der Waals surface area (Å²) in [7, 11) is 0. The lowest BCUT2D eigenvalue weighted by Crippen LogP contribution is -2.31. The standard InChI is InChI=1S/C18H25N5/c1-3-5-11-20-17(21-12-6-4-2)14(13-19)18-22-15-9-7-8-10-16(15)23-18/h7-10,14H,3-6,11-12H2,1-2H3,(H,20,21)(H,22,23). The molecule has 2 rings (SSSR count). The van der Waals surface area contributed by atoms with Crippen LogP contribution in [0, 0.1) is 11.3 Å². The van der Waals surface area contributed by atoms with E-state index in [1.54, 1.807) is 0 Å². The molecule has 0 aliphatic carbocycles. The lowest BCUT2D eigenvalue weighted by molar-refractivity contribution is 0.731. The summed E-state index contributed by atoms with van der Waals surface area (Å²) in [6, 6.07) is 10.2. The highest BCUT2D eigenvalue weighted by Gasteiger charge is 2.21. The van der Waals surface area contributed by atoms with E-state index < -0.39 is 5.92 Å². The molecule has 0 saturated carbocycles. The SMILES string of the molecule is CCCCN=C(NCCCC)C(C#N)c1nc2ccccc2[nH]1. The Bertz CT molecular complexity index is 647. The number of nitrogens with one attached hydrogen (secondary N) is 2. The molecule has 0 amide bonds. The van der Waals surface area contributed by atoms with Crippen molar-refractivity contribution in [1.29, 1.82) is 5.26 Å². The molecule has 122 valence electrons. The summed E-state index contributed by atoms with van der Waals surface area (Å²) in [5.41, 5.74) is 1.83. The highest BCUT2D eigenvalue weighted by molar-refractivity contribution is 5.91. The number of fused-ring (bicyclic) bond motifs is 1. The van der Waals surface area contributed by atoms with Gasteiger partial charge in [-0.2, -0.15) is 5.26 Å². The Morgan fingerprint density at radius 2 is 2.09 bits per heavy atom. The van der Waals surface area contributed by atoms with Gasteiger partial charge in [-0.05, 0) is 25.0 Å². The second-order valence-corrected chi connectivity index (χ2v) is 5.60. The number of unbranched alkanes of at least 4 members (excludes halogenated alkanes) is 2. The topological polar surface area (TPSA) is 76.9 Å². The number of rotatable bonds is 8. The third-order valence-electron chi connectivity index (χ3n) is 3.71. The molecule has 0 aliphatic heterocycles. The monoisotopic (exact) mass is 311 g/mol. The summed E-state index contributed by atoms with van der Waals surface area (Å²) in [6.45, 7) is 5.86. The maximum absolute atomic E-state index is 9.66. The number of hydrogen-bond donors (Lipinski definition) is 2. The van der Waals surface area contributed by atoms with Gasteiger partial charge in [-0.25, -0.2) is 4.98 Å². The minimum Gasteiger partial charge on any atom is -0.372 e. The molecule has 1 unspecified atom stereocenters. The lowest BCUT2D eigenvalue weighted by Gasteiger charge is -2.13. The van der Waals surface area contributed by atoms with Crippen LogP contribution in [0.15, 0.2) is 29.3 Å². The number of aromatic nitrogens is 2. The zero-order valence-electron chi connectivity index (χ0n) is 14.0. The summed E-state index contributed by atoms with van der Waals surface area (Å²) >= 11 is 0. The normalized spacial score (nSPS) is 13.0. The number of aliphatic imine (C=N–C) groups is 1. The average Bonchev–Trinajstić information content (AvgIpc) is 2.99. The molecule has 2 aromatic rings. The number of H-pyrrole nitrogens is 1. The van der Waals surface area contributed by atoms with Gasteiger partial charge in [0.2, 0.25) is 0 Å². The minimum absolute atomic E-state index is 0.476. The number of nitrogens with zero attached hydrogens (tertiary/aromatic N) is 3. The number of para-hydroxylation sites is 2. The maximum Gasteiger partial charge on any atom is 0.161 e. The maximum atomic E-state index is 9.66. The van der Waals surface area contributed by atoms with E-state index in [1.165, 1.54) is 0 Å². The largest absolute Gasteiger partial charge is 0.372 e. The van der Waals surface area contributed by atoms with Crippen molar-refractivity contribution in [3.05, 3.63) is 30.1 Å². The van der Waals surface area contributed by atoms with Gasteiger partial charge in [-0.3, -0.25) is 4.99 Å². The molecule has 0 aliphatic rings. The first kappa shape index (κ1) is 17.0. The van der Waals surface area contributed by atoms with Crippen LogP contribution in [0.4, 0.5) is 0 Å². The van der Waals surface area contributed by atoms with Gasteiger partial charge in [0.05, 0.1) is 17.1 Å². The Morgan fingerprint density at radius 1 is 1.30 bits per heavy atom. The van der Waals surface area contributed by atoms with Gasteiger partial charge < -0.3 is 10.3 Å². The number of nitriles is 1. The first-order valence-corrected chi connectivity index (χ1v) is 8.42. The van der Waals surface area contributed by atoms with Crippen LogP contribution in [0.3, 0.4) is 0 Å². The fourth-order valence-corrected chi connectivity index (χ4v) is 2.36. The van der Waals surface area contributed by atoms with Gasteiger partial charge >= 0.3 is 0 Å². The summed E-state index contributed by atoms with van der Waals surface area (Å²) in [4.78, 5) is 12.4. The number of hydrogen-bond acceptors (Lipinski definition) is 3. The quantitative estimate of drug-likeness (QED) is 0.443. The number of imidazole rings is 1. The summed E-state index contributed by atoms with van der Waals surface area (Å²) < 4.78 is 0. The Labute approximate surface area is 137 Å². The van der Waals surface area contributed by atoms with E-state index in [2.05, 4.69) is 40.2 Å². The minimum atomic E-state index is -0.476. The Morgan fingerprint density at radius 3 is 2.78 bits per heavy atom. The van der Waals surface area contributed by atoms with Crippen molar-refractivity contribution in [3.8, 4) is 6.07 Å². The van der Waals surface area contributed by atoms with Crippen molar-refractivity contribution in [2.45, 2.75) is 45.4 Å². The van der Waals surface area contributed by atoms with Crippen LogP contribution in [-0.2, 0) is 0 Å². The van der Waals surface area contributed by atoms with Crippen LogP contribution in [0.25, 0.3) is 11.0 Å². The van der Waals surface area contributed by atoms with Gasteiger partial charge in [0, 0.05) is 13.1 Å². The fourth-order valence-electron chi connectivity index (χ4n) is 2.36. The molecule has 1 aromatic heterocycles. The summed E-state index contributed by atoms with van der Waals surface area (Å²) in [6.07, 6.45) is 4.28. The van der Waals surface area contributed by atoms with Crippen LogP contribution in [-0.4, -0.2) is 28.9 Å². The van der Waals surface area contributed by atoms with Crippen molar-refractivity contribution < 1.29 is 0 Å². The number of aromatic amines is 1.